The molecule has 0 N–H and O–H groups in total. The molecule has 0 heterocycles. The number of esters is 2. The van der Waals surface area contributed by atoms with Gasteiger partial charge in [0, 0.05) is 0 Å². The summed E-state index contributed by atoms with van der Waals surface area (Å²) in [4.78, 5) is 24.1. The summed E-state index contributed by atoms with van der Waals surface area (Å²) in [6.07, 6.45) is 0. The van der Waals surface area contributed by atoms with E-state index in [0.29, 0.717) is 0 Å². The van der Waals surface area contributed by atoms with Gasteiger partial charge in [0.1, 0.15) is 5.82 Å². The van der Waals surface area contributed by atoms with Gasteiger partial charge in [0.2, 0.25) is 0 Å². The zero-order valence-electron chi connectivity index (χ0n) is 11.2. The molecule has 0 spiro atoms. The Kier molecular flexibility index (Phi) is 5.03. The molecule has 1 aromatic rings. The first-order valence-electron chi connectivity index (χ1n) is 6.07. The molecular weight excluding hydrogens is 251 g/mol. The van der Waals surface area contributed by atoms with E-state index in [1.165, 1.54) is 25.1 Å². The van der Waals surface area contributed by atoms with Crippen molar-refractivity contribution in [2.75, 3.05) is 13.2 Å². The normalized spacial score (nSPS) is 10.9. The van der Waals surface area contributed by atoms with Gasteiger partial charge in [-0.25, -0.2) is 4.39 Å². The maximum Gasteiger partial charge on any atom is 0.327 e. The van der Waals surface area contributed by atoms with E-state index in [4.69, 9.17) is 9.47 Å². The summed E-state index contributed by atoms with van der Waals surface area (Å²) in [6.45, 7) is 4.90. The van der Waals surface area contributed by atoms with Gasteiger partial charge in [-0.2, -0.15) is 0 Å². The van der Waals surface area contributed by atoms with Crippen LogP contribution < -0.4 is 0 Å². The van der Waals surface area contributed by atoms with Gasteiger partial charge in [-0.05, 0) is 38.5 Å². The Bertz CT molecular complexity index is 452. The molecule has 104 valence electrons. The highest BCUT2D eigenvalue weighted by Crippen LogP contribution is 2.28. The van der Waals surface area contributed by atoms with Gasteiger partial charge in [-0.1, -0.05) is 12.1 Å². The standard InChI is InChI=1S/C14H17FO4/c1-4-18-12(16)14(3,13(17)19-5-2)10-7-6-8-11(15)9-10/h6-9H,4-5H2,1-3H3. The zero-order valence-corrected chi connectivity index (χ0v) is 11.2. The molecule has 0 aliphatic carbocycles. The van der Waals surface area contributed by atoms with Crippen LogP contribution in [0.1, 0.15) is 26.3 Å². The monoisotopic (exact) mass is 268 g/mol. The van der Waals surface area contributed by atoms with Crippen LogP contribution in [0.5, 0.6) is 0 Å². The summed E-state index contributed by atoms with van der Waals surface area (Å²) in [5.74, 6) is -2.03. The molecule has 0 atom stereocenters. The summed E-state index contributed by atoms with van der Waals surface area (Å²) < 4.78 is 23.1. The Morgan fingerprint density at radius 2 is 1.68 bits per heavy atom. The predicted molar refractivity (Wildman–Crippen MR) is 67.0 cm³/mol. The number of rotatable bonds is 5. The van der Waals surface area contributed by atoms with Crippen LogP contribution in [-0.4, -0.2) is 25.2 Å². The molecule has 0 fully saturated rings. The Balaban J connectivity index is 3.25. The van der Waals surface area contributed by atoms with Crippen molar-refractivity contribution in [3.05, 3.63) is 35.6 Å². The van der Waals surface area contributed by atoms with E-state index in [1.807, 2.05) is 0 Å². The molecule has 0 saturated carbocycles. The lowest BCUT2D eigenvalue weighted by Crippen LogP contribution is -2.43. The minimum Gasteiger partial charge on any atom is -0.465 e. The number of ether oxygens (including phenoxy) is 2. The van der Waals surface area contributed by atoms with E-state index >= 15 is 0 Å². The second-order valence-corrected chi connectivity index (χ2v) is 4.08. The summed E-state index contributed by atoms with van der Waals surface area (Å²) in [6, 6.07) is 5.30. The van der Waals surface area contributed by atoms with Crippen LogP contribution in [0.2, 0.25) is 0 Å². The summed E-state index contributed by atoms with van der Waals surface area (Å²) in [5.41, 5.74) is -1.45. The van der Waals surface area contributed by atoms with E-state index < -0.39 is 23.2 Å². The number of carbonyl (C=O) groups is 2. The van der Waals surface area contributed by atoms with Crippen LogP contribution in [0.4, 0.5) is 4.39 Å². The van der Waals surface area contributed by atoms with Crippen molar-refractivity contribution in [2.45, 2.75) is 26.2 Å². The van der Waals surface area contributed by atoms with E-state index in [-0.39, 0.29) is 18.8 Å². The molecule has 0 unspecified atom stereocenters. The first-order chi connectivity index (χ1) is 8.96. The van der Waals surface area contributed by atoms with Crippen LogP contribution in [0.15, 0.2) is 24.3 Å². The molecule has 1 aromatic carbocycles. The maximum atomic E-state index is 13.3. The highest BCUT2D eigenvalue weighted by atomic mass is 19.1. The predicted octanol–water partition coefficient (Wildman–Crippen LogP) is 2.21. The third-order valence-electron chi connectivity index (χ3n) is 2.77. The molecule has 0 amide bonds. The van der Waals surface area contributed by atoms with Gasteiger partial charge in [0.15, 0.2) is 5.41 Å². The lowest BCUT2D eigenvalue weighted by atomic mass is 9.82. The third kappa shape index (κ3) is 3.10. The fourth-order valence-corrected chi connectivity index (χ4v) is 1.67. The van der Waals surface area contributed by atoms with Gasteiger partial charge in [-0.3, -0.25) is 9.59 Å². The van der Waals surface area contributed by atoms with Gasteiger partial charge in [-0.15, -0.1) is 0 Å². The molecule has 19 heavy (non-hydrogen) atoms. The summed E-state index contributed by atoms with van der Waals surface area (Å²) >= 11 is 0. The number of hydrogen-bond acceptors (Lipinski definition) is 4. The second-order valence-electron chi connectivity index (χ2n) is 4.08. The van der Waals surface area contributed by atoms with Crippen LogP contribution in [0.25, 0.3) is 0 Å². The number of benzene rings is 1. The van der Waals surface area contributed by atoms with Gasteiger partial charge >= 0.3 is 11.9 Å². The van der Waals surface area contributed by atoms with E-state index in [0.717, 1.165) is 6.07 Å². The van der Waals surface area contributed by atoms with Crippen LogP contribution in [0, 0.1) is 5.82 Å². The highest BCUT2D eigenvalue weighted by Gasteiger charge is 2.46. The van der Waals surface area contributed by atoms with Gasteiger partial charge in [0.05, 0.1) is 13.2 Å². The Morgan fingerprint density at radius 1 is 1.16 bits per heavy atom. The minimum atomic E-state index is -1.66. The average molecular weight is 268 g/mol. The largest absolute Gasteiger partial charge is 0.465 e. The van der Waals surface area contributed by atoms with Crippen LogP contribution in [-0.2, 0) is 24.5 Å². The zero-order chi connectivity index (χ0) is 14.5. The first kappa shape index (κ1) is 15.1. The molecule has 0 aliphatic heterocycles. The van der Waals surface area contributed by atoms with E-state index in [1.54, 1.807) is 13.8 Å². The lowest BCUT2D eigenvalue weighted by molar-refractivity contribution is -0.163. The first-order valence-corrected chi connectivity index (χ1v) is 6.07. The highest BCUT2D eigenvalue weighted by molar-refractivity contribution is 6.05. The minimum absolute atomic E-state index is 0.128. The van der Waals surface area contributed by atoms with Crippen molar-refractivity contribution >= 4 is 11.9 Å². The van der Waals surface area contributed by atoms with Crippen LogP contribution in [0.3, 0.4) is 0 Å². The van der Waals surface area contributed by atoms with Crippen molar-refractivity contribution in [3.8, 4) is 0 Å². The molecule has 0 bridgehead atoms. The van der Waals surface area contributed by atoms with Crippen molar-refractivity contribution in [3.63, 3.8) is 0 Å². The molecule has 5 heteroatoms. The lowest BCUT2D eigenvalue weighted by Gasteiger charge is -2.25. The summed E-state index contributed by atoms with van der Waals surface area (Å²) in [7, 11) is 0. The molecule has 0 aromatic heterocycles. The maximum absolute atomic E-state index is 13.3. The van der Waals surface area contributed by atoms with Crippen molar-refractivity contribution in [1.29, 1.82) is 0 Å². The quantitative estimate of drug-likeness (QED) is 0.607. The SMILES string of the molecule is CCOC(=O)C(C)(C(=O)OCC)c1cccc(F)c1. The smallest absolute Gasteiger partial charge is 0.327 e. The molecule has 1 rings (SSSR count). The topological polar surface area (TPSA) is 52.6 Å². The van der Waals surface area contributed by atoms with Gasteiger partial charge < -0.3 is 9.47 Å². The Labute approximate surface area is 111 Å². The second kappa shape index (κ2) is 6.31. The summed E-state index contributed by atoms with van der Waals surface area (Å²) in [5, 5.41) is 0. The third-order valence-corrected chi connectivity index (χ3v) is 2.77. The van der Waals surface area contributed by atoms with E-state index in [2.05, 4.69) is 0 Å². The van der Waals surface area contributed by atoms with Crippen molar-refractivity contribution in [2.24, 2.45) is 0 Å². The number of halogens is 1. The fraction of sp³-hybridized carbons (Fsp3) is 0.429. The number of carbonyl (C=O) groups excluding carboxylic acids is 2. The molecule has 0 saturated heterocycles. The van der Waals surface area contributed by atoms with E-state index in [9.17, 15) is 14.0 Å². The van der Waals surface area contributed by atoms with Crippen molar-refractivity contribution in [1.82, 2.24) is 0 Å². The Morgan fingerprint density at radius 3 is 2.11 bits per heavy atom. The Hall–Kier alpha value is -1.91. The molecular formula is C14H17FO4. The number of hydrogen-bond donors (Lipinski definition) is 0. The molecule has 4 nitrogen and oxygen atoms in total. The van der Waals surface area contributed by atoms with Crippen molar-refractivity contribution < 1.29 is 23.5 Å². The molecule has 0 radical (unpaired) electrons. The van der Waals surface area contributed by atoms with Crippen LogP contribution >= 0.6 is 0 Å². The van der Waals surface area contributed by atoms with Gasteiger partial charge in [0.25, 0.3) is 0 Å². The molecule has 0 aliphatic rings. The average Bonchev–Trinajstić information content (AvgIpc) is 2.38. The fourth-order valence-electron chi connectivity index (χ4n) is 1.67.